The summed E-state index contributed by atoms with van der Waals surface area (Å²) in [7, 11) is 0. The fraction of sp³-hybridized carbons (Fsp3) is 0.538. The number of carbonyl (C=O) groups is 2. The number of likely N-dealkylation sites (tertiary alicyclic amines) is 1. The van der Waals surface area contributed by atoms with Crippen LogP contribution in [0.2, 0.25) is 0 Å². The Morgan fingerprint density at radius 3 is 2.38 bits per heavy atom. The summed E-state index contributed by atoms with van der Waals surface area (Å²) in [6.07, 6.45) is 5.77. The molecule has 1 aliphatic carbocycles. The van der Waals surface area contributed by atoms with Crippen molar-refractivity contribution in [1.29, 1.82) is 0 Å². The van der Waals surface area contributed by atoms with Gasteiger partial charge in [-0.25, -0.2) is 9.97 Å². The Morgan fingerprint density at radius 2 is 1.72 bits per heavy atom. The molecular weight excluding hydrogens is 400 g/mol. The van der Waals surface area contributed by atoms with E-state index in [-0.39, 0.29) is 23.7 Å². The van der Waals surface area contributed by atoms with Gasteiger partial charge in [0.2, 0.25) is 11.8 Å². The van der Waals surface area contributed by atoms with Gasteiger partial charge in [-0.05, 0) is 45.6 Å². The zero-order valence-electron chi connectivity index (χ0n) is 19.4. The van der Waals surface area contributed by atoms with E-state index in [1.165, 1.54) is 12.8 Å². The molecule has 0 bridgehead atoms. The smallest absolute Gasteiger partial charge is 0.229 e. The highest BCUT2D eigenvalue weighted by Crippen LogP contribution is 2.29. The molecule has 0 unspecified atom stereocenters. The molecule has 0 spiro atoms. The second kappa shape index (κ2) is 9.80. The topological polar surface area (TPSA) is 75.2 Å². The number of aromatic nitrogens is 2. The van der Waals surface area contributed by atoms with Crippen molar-refractivity contribution in [3.63, 3.8) is 0 Å². The van der Waals surface area contributed by atoms with Crippen LogP contribution in [0.4, 0.5) is 0 Å². The average Bonchev–Trinajstić information content (AvgIpc) is 3.48. The molecule has 1 aliphatic heterocycles. The van der Waals surface area contributed by atoms with Crippen molar-refractivity contribution in [2.24, 2.45) is 0 Å². The molecule has 2 aliphatic rings. The van der Waals surface area contributed by atoms with Crippen LogP contribution in [-0.2, 0) is 16.0 Å². The van der Waals surface area contributed by atoms with Gasteiger partial charge in [0.15, 0.2) is 0 Å². The SMILES string of the molecule is Cc1nc([C@H]2CCN(C(=O)[C@@H](C)c3ccccc3)C2)nc(C)c1CC(=O)NC1CCCC1. The minimum atomic E-state index is -0.153. The van der Waals surface area contributed by atoms with Crippen LogP contribution in [0.15, 0.2) is 30.3 Å². The lowest BCUT2D eigenvalue weighted by Gasteiger charge is -2.21. The summed E-state index contributed by atoms with van der Waals surface area (Å²) in [6.45, 7) is 7.28. The molecule has 1 saturated carbocycles. The zero-order valence-corrected chi connectivity index (χ0v) is 19.4. The van der Waals surface area contributed by atoms with E-state index in [2.05, 4.69) is 5.32 Å². The highest BCUT2D eigenvalue weighted by molar-refractivity contribution is 5.83. The third-order valence-corrected chi connectivity index (χ3v) is 7.03. The molecule has 6 nitrogen and oxygen atoms in total. The number of benzene rings is 1. The predicted molar refractivity (Wildman–Crippen MR) is 124 cm³/mol. The minimum Gasteiger partial charge on any atom is -0.353 e. The summed E-state index contributed by atoms with van der Waals surface area (Å²) >= 11 is 0. The van der Waals surface area contributed by atoms with Crippen molar-refractivity contribution in [1.82, 2.24) is 20.2 Å². The maximum atomic E-state index is 13.0. The van der Waals surface area contributed by atoms with Crippen LogP contribution in [0.25, 0.3) is 0 Å². The van der Waals surface area contributed by atoms with Crippen LogP contribution in [-0.4, -0.2) is 45.8 Å². The number of amides is 2. The Balaban J connectivity index is 1.40. The summed E-state index contributed by atoms with van der Waals surface area (Å²) in [5.74, 6) is 1.00. The summed E-state index contributed by atoms with van der Waals surface area (Å²) in [5.41, 5.74) is 3.71. The van der Waals surface area contributed by atoms with Crippen LogP contribution >= 0.6 is 0 Å². The molecule has 1 aromatic carbocycles. The molecule has 1 saturated heterocycles. The van der Waals surface area contributed by atoms with E-state index in [1.54, 1.807) is 0 Å². The fourth-order valence-electron chi connectivity index (χ4n) is 5.04. The lowest BCUT2D eigenvalue weighted by molar-refractivity contribution is -0.131. The molecular formula is C26H34N4O2. The van der Waals surface area contributed by atoms with Crippen LogP contribution in [0.1, 0.15) is 79.2 Å². The lowest BCUT2D eigenvalue weighted by atomic mass is 10.00. The van der Waals surface area contributed by atoms with Gasteiger partial charge in [0.25, 0.3) is 0 Å². The first kappa shape index (κ1) is 22.4. The second-order valence-electron chi connectivity index (χ2n) is 9.36. The highest BCUT2D eigenvalue weighted by Gasteiger charge is 2.32. The molecule has 32 heavy (non-hydrogen) atoms. The van der Waals surface area contributed by atoms with E-state index in [1.807, 2.05) is 56.0 Å². The largest absolute Gasteiger partial charge is 0.353 e. The fourth-order valence-corrected chi connectivity index (χ4v) is 5.04. The number of hydrogen-bond donors (Lipinski definition) is 1. The monoisotopic (exact) mass is 434 g/mol. The lowest BCUT2D eigenvalue weighted by Crippen LogP contribution is -2.34. The third-order valence-electron chi connectivity index (χ3n) is 7.03. The van der Waals surface area contributed by atoms with Gasteiger partial charge >= 0.3 is 0 Å². The van der Waals surface area contributed by atoms with Gasteiger partial charge in [-0.15, -0.1) is 0 Å². The van der Waals surface area contributed by atoms with Crippen molar-refractivity contribution >= 4 is 11.8 Å². The van der Waals surface area contributed by atoms with E-state index in [0.717, 1.165) is 54.1 Å². The van der Waals surface area contributed by atoms with Gasteiger partial charge in [-0.3, -0.25) is 9.59 Å². The Bertz CT molecular complexity index is 946. The van der Waals surface area contributed by atoms with Crippen LogP contribution in [0.5, 0.6) is 0 Å². The predicted octanol–water partition coefficient (Wildman–Crippen LogP) is 3.81. The van der Waals surface area contributed by atoms with Gasteiger partial charge in [-0.2, -0.15) is 0 Å². The first-order chi connectivity index (χ1) is 15.4. The third kappa shape index (κ3) is 5.00. The molecule has 2 aromatic rings. The van der Waals surface area contributed by atoms with Gasteiger partial charge < -0.3 is 10.2 Å². The molecule has 4 rings (SSSR count). The molecule has 6 heteroatoms. The quantitative estimate of drug-likeness (QED) is 0.750. The number of hydrogen-bond acceptors (Lipinski definition) is 4. The number of rotatable bonds is 6. The Morgan fingerprint density at radius 1 is 1.06 bits per heavy atom. The van der Waals surface area contributed by atoms with Crippen molar-refractivity contribution < 1.29 is 9.59 Å². The van der Waals surface area contributed by atoms with Crippen molar-refractivity contribution in [3.05, 3.63) is 58.7 Å². The first-order valence-electron chi connectivity index (χ1n) is 11.9. The van der Waals surface area contributed by atoms with Gasteiger partial charge in [0.1, 0.15) is 5.82 Å². The van der Waals surface area contributed by atoms with E-state index in [4.69, 9.17) is 9.97 Å². The Kier molecular flexibility index (Phi) is 6.87. The number of nitrogens with zero attached hydrogens (tertiary/aromatic N) is 3. The van der Waals surface area contributed by atoms with Crippen LogP contribution < -0.4 is 5.32 Å². The van der Waals surface area contributed by atoms with Crippen molar-refractivity contribution in [2.75, 3.05) is 13.1 Å². The van der Waals surface area contributed by atoms with E-state index < -0.39 is 0 Å². The summed E-state index contributed by atoms with van der Waals surface area (Å²) in [4.78, 5) is 37.0. The molecule has 1 N–H and O–H groups in total. The Labute approximate surface area is 190 Å². The van der Waals surface area contributed by atoms with E-state index >= 15 is 0 Å². The van der Waals surface area contributed by atoms with Crippen molar-refractivity contribution in [3.8, 4) is 0 Å². The van der Waals surface area contributed by atoms with Gasteiger partial charge in [-0.1, -0.05) is 43.2 Å². The standard InChI is InChI=1S/C26H34N4O2/c1-17(20-9-5-4-6-10-20)26(32)30-14-13-21(16-30)25-27-18(2)23(19(3)28-25)15-24(31)29-22-11-7-8-12-22/h4-6,9-10,17,21-22H,7-8,11-16H2,1-3H3,(H,29,31)/t17-,21-/m0/s1. The summed E-state index contributed by atoms with van der Waals surface area (Å²) < 4.78 is 0. The second-order valence-corrected chi connectivity index (χ2v) is 9.36. The Hall–Kier alpha value is -2.76. The van der Waals surface area contributed by atoms with E-state index in [9.17, 15) is 9.59 Å². The minimum absolute atomic E-state index is 0.0620. The van der Waals surface area contributed by atoms with Gasteiger partial charge in [0.05, 0.1) is 12.3 Å². The normalized spacial score (nSPS) is 19.8. The number of carbonyl (C=O) groups excluding carboxylic acids is 2. The van der Waals surface area contributed by atoms with E-state index in [0.29, 0.717) is 19.0 Å². The maximum absolute atomic E-state index is 13.0. The van der Waals surface area contributed by atoms with Crippen LogP contribution in [0.3, 0.4) is 0 Å². The molecule has 2 atom stereocenters. The number of nitrogens with one attached hydrogen (secondary N) is 1. The molecule has 0 radical (unpaired) electrons. The highest BCUT2D eigenvalue weighted by atomic mass is 16.2. The molecule has 170 valence electrons. The maximum Gasteiger partial charge on any atom is 0.229 e. The van der Waals surface area contributed by atoms with Crippen LogP contribution in [0, 0.1) is 13.8 Å². The zero-order chi connectivity index (χ0) is 22.7. The molecule has 2 amide bonds. The average molecular weight is 435 g/mol. The van der Waals surface area contributed by atoms with Gasteiger partial charge in [0, 0.05) is 42.0 Å². The van der Waals surface area contributed by atoms with Crippen molar-refractivity contribution in [2.45, 2.75) is 77.2 Å². The number of aryl methyl sites for hydroxylation is 2. The molecule has 1 aromatic heterocycles. The summed E-state index contributed by atoms with van der Waals surface area (Å²) in [6, 6.07) is 10.3. The molecule has 2 heterocycles. The summed E-state index contributed by atoms with van der Waals surface area (Å²) in [5, 5.41) is 3.16. The molecule has 2 fully saturated rings. The first-order valence-corrected chi connectivity index (χ1v) is 11.9.